The van der Waals surface area contributed by atoms with Crippen LogP contribution in [-0.2, 0) is 4.79 Å². The molecule has 1 aliphatic rings. The normalized spacial score (nSPS) is 14.8. The van der Waals surface area contributed by atoms with Crippen LogP contribution in [0.5, 0.6) is 0 Å². The topological polar surface area (TPSA) is 42.2 Å². The van der Waals surface area contributed by atoms with Crippen LogP contribution in [0.15, 0.2) is 69.6 Å². The molecule has 0 radical (unpaired) electrons. The van der Waals surface area contributed by atoms with Crippen LogP contribution in [0.2, 0.25) is 0 Å². The van der Waals surface area contributed by atoms with Crippen LogP contribution in [0, 0.1) is 0 Å². The molecule has 0 aliphatic carbocycles. The number of amides is 1. The first-order valence-electron chi connectivity index (χ1n) is 7.19. The summed E-state index contributed by atoms with van der Waals surface area (Å²) in [7, 11) is 0. The van der Waals surface area contributed by atoms with Gasteiger partial charge in [0.15, 0.2) is 0 Å². The van der Waals surface area contributed by atoms with Crippen LogP contribution in [-0.4, -0.2) is 5.91 Å². The van der Waals surface area contributed by atoms with Gasteiger partial charge in [-0.25, -0.2) is 0 Å². The standard InChI is InChI=1S/C19H12BrNO2/c20-13-7-5-12(6-8-13)18-10-9-14(23-18)11-16-15-3-1-2-4-17(15)21-19(16)22/h1-11H,(H,21,22)/b16-11-. The first-order valence-corrected chi connectivity index (χ1v) is 7.98. The molecule has 0 saturated heterocycles. The smallest absolute Gasteiger partial charge is 0.256 e. The van der Waals surface area contributed by atoms with E-state index in [2.05, 4.69) is 21.2 Å². The second-order valence-electron chi connectivity index (χ2n) is 5.27. The van der Waals surface area contributed by atoms with E-state index >= 15 is 0 Å². The number of halogens is 1. The zero-order chi connectivity index (χ0) is 15.8. The Balaban J connectivity index is 1.70. The third-order valence-electron chi connectivity index (χ3n) is 3.75. The highest BCUT2D eigenvalue weighted by Crippen LogP contribution is 2.33. The fourth-order valence-electron chi connectivity index (χ4n) is 2.62. The van der Waals surface area contributed by atoms with Crippen LogP contribution < -0.4 is 5.32 Å². The fourth-order valence-corrected chi connectivity index (χ4v) is 2.89. The number of hydrogen-bond donors (Lipinski definition) is 1. The van der Waals surface area contributed by atoms with Gasteiger partial charge in [0.25, 0.3) is 5.91 Å². The number of rotatable bonds is 2. The van der Waals surface area contributed by atoms with Crippen LogP contribution in [0.1, 0.15) is 11.3 Å². The van der Waals surface area contributed by atoms with E-state index in [1.165, 1.54) is 0 Å². The Hall–Kier alpha value is -2.59. The SMILES string of the molecule is O=C1Nc2ccccc2/C1=C/c1ccc(-c2ccc(Br)cc2)o1. The van der Waals surface area contributed by atoms with E-state index in [-0.39, 0.29) is 5.91 Å². The minimum atomic E-state index is -0.104. The van der Waals surface area contributed by atoms with Gasteiger partial charge in [0, 0.05) is 21.3 Å². The molecule has 0 saturated carbocycles. The molecule has 3 aromatic rings. The summed E-state index contributed by atoms with van der Waals surface area (Å²) in [6, 6.07) is 19.3. The van der Waals surface area contributed by atoms with E-state index in [0.717, 1.165) is 27.0 Å². The van der Waals surface area contributed by atoms with Crippen LogP contribution in [0.3, 0.4) is 0 Å². The number of benzene rings is 2. The summed E-state index contributed by atoms with van der Waals surface area (Å²) in [5.41, 5.74) is 3.36. The van der Waals surface area contributed by atoms with Gasteiger partial charge in [-0.05, 0) is 36.4 Å². The molecule has 0 spiro atoms. The maximum absolute atomic E-state index is 12.1. The van der Waals surface area contributed by atoms with Crippen molar-refractivity contribution in [3.05, 3.63) is 76.5 Å². The van der Waals surface area contributed by atoms with Crippen molar-refractivity contribution in [2.75, 3.05) is 5.32 Å². The third-order valence-corrected chi connectivity index (χ3v) is 4.28. The Kier molecular flexibility index (Phi) is 3.39. The lowest BCUT2D eigenvalue weighted by Crippen LogP contribution is -2.03. The Morgan fingerprint density at radius 3 is 2.57 bits per heavy atom. The molecule has 4 rings (SSSR count). The van der Waals surface area contributed by atoms with Gasteiger partial charge >= 0.3 is 0 Å². The zero-order valence-electron chi connectivity index (χ0n) is 12.0. The van der Waals surface area contributed by atoms with Crippen LogP contribution in [0.25, 0.3) is 23.0 Å². The Bertz CT molecular complexity index is 923. The molecule has 2 aromatic carbocycles. The fraction of sp³-hybridized carbons (Fsp3) is 0. The molecule has 2 heterocycles. The minimum Gasteiger partial charge on any atom is -0.457 e. The molecular formula is C19H12BrNO2. The highest BCUT2D eigenvalue weighted by Gasteiger charge is 2.23. The summed E-state index contributed by atoms with van der Waals surface area (Å²) in [6.07, 6.45) is 1.78. The highest BCUT2D eigenvalue weighted by molar-refractivity contribution is 9.10. The van der Waals surface area contributed by atoms with Crippen molar-refractivity contribution < 1.29 is 9.21 Å². The van der Waals surface area contributed by atoms with Crippen LogP contribution in [0.4, 0.5) is 5.69 Å². The second-order valence-corrected chi connectivity index (χ2v) is 6.18. The first kappa shape index (κ1) is 14.0. The summed E-state index contributed by atoms with van der Waals surface area (Å²) in [5, 5.41) is 2.86. The summed E-state index contributed by atoms with van der Waals surface area (Å²) in [4.78, 5) is 12.1. The average Bonchev–Trinajstić information content (AvgIpc) is 3.14. The quantitative estimate of drug-likeness (QED) is 0.634. The van der Waals surface area contributed by atoms with E-state index in [1.807, 2.05) is 60.7 Å². The average molecular weight is 366 g/mol. The molecule has 23 heavy (non-hydrogen) atoms. The molecule has 0 atom stereocenters. The molecule has 1 N–H and O–H groups in total. The van der Waals surface area contributed by atoms with Gasteiger partial charge in [0.1, 0.15) is 11.5 Å². The number of carbonyl (C=O) groups is 1. The number of carbonyl (C=O) groups excluding carboxylic acids is 1. The molecule has 1 aliphatic heterocycles. The van der Waals surface area contributed by atoms with Crippen LogP contribution >= 0.6 is 15.9 Å². The lowest BCUT2D eigenvalue weighted by atomic mass is 10.1. The van der Waals surface area contributed by atoms with Crippen molar-refractivity contribution in [3.8, 4) is 11.3 Å². The van der Waals surface area contributed by atoms with Gasteiger partial charge in [-0.2, -0.15) is 0 Å². The minimum absolute atomic E-state index is 0.104. The largest absolute Gasteiger partial charge is 0.457 e. The van der Waals surface area contributed by atoms with Crippen molar-refractivity contribution >= 4 is 39.2 Å². The number of furan rings is 1. The van der Waals surface area contributed by atoms with E-state index in [9.17, 15) is 4.79 Å². The Morgan fingerprint density at radius 2 is 1.74 bits per heavy atom. The molecule has 1 aromatic heterocycles. The van der Waals surface area contributed by atoms with Crippen molar-refractivity contribution in [2.24, 2.45) is 0 Å². The third kappa shape index (κ3) is 2.62. The second kappa shape index (κ2) is 5.56. The van der Waals surface area contributed by atoms with E-state index in [4.69, 9.17) is 4.42 Å². The van der Waals surface area contributed by atoms with Gasteiger partial charge in [-0.1, -0.05) is 46.3 Å². The van der Waals surface area contributed by atoms with Gasteiger partial charge < -0.3 is 9.73 Å². The van der Waals surface area contributed by atoms with Crippen molar-refractivity contribution in [2.45, 2.75) is 0 Å². The zero-order valence-corrected chi connectivity index (χ0v) is 13.6. The monoisotopic (exact) mass is 365 g/mol. The molecular weight excluding hydrogens is 354 g/mol. The van der Waals surface area contributed by atoms with Crippen molar-refractivity contribution in [3.63, 3.8) is 0 Å². The predicted molar refractivity (Wildman–Crippen MR) is 94.8 cm³/mol. The number of fused-ring (bicyclic) bond motifs is 1. The molecule has 0 fully saturated rings. The molecule has 0 bridgehead atoms. The molecule has 0 unspecified atom stereocenters. The number of hydrogen-bond acceptors (Lipinski definition) is 2. The molecule has 1 amide bonds. The number of anilines is 1. The summed E-state index contributed by atoms with van der Waals surface area (Å²) in [6.45, 7) is 0. The Morgan fingerprint density at radius 1 is 0.957 bits per heavy atom. The van der Waals surface area contributed by atoms with Gasteiger partial charge in [-0.15, -0.1) is 0 Å². The van der Waals surface area contributed by atoms with Gasteiger partial charge in [0.05, 0.1) is 5.57 Å². The van der Waals surface area contributed by atoms with E-state index in [0.29, 0.717) is 11.3 Å². The summed E-state index contributed by atoms with van der Waals surface area (Å²) >= 11 is 3.42. The van der Waals surface area contributed by atoms with E-state index in [1.54, 1.807) is 6.08 Å². The highest BCUT2D eigenvalue weighted by atomic mass is 79.9. The molecule has 3 nitrogen and oxygen atoms in total. The number of nitrogens with one attached hydrogen (secondary N) is 1. The van der Waals surface area contributed by atoms with Crippen molar-refractivity contribution in [1.82, 2.24) is 0 Å². The maximum atomic E-state index is 12.1. The van der Waals surface area contributed by atoms with E-state index < -0.39 is 0 Å². The lowest BCUT2D eigenvalue weighted by molar-refractivity contribution is -0.110. The maximum Gasteiger partial charge on any atom is 0.256 e. The number of para-hydroxylation sites is 1. The predicted octanol–water partition coefficient (Wildman–Crippen LogP) is 5.20. The Labute approximate surface area is 141 Å². The van der Waals surface area contributed by atoms with Gasteiger partial charge in [-0.3, -0.25) is 4.79 Å². The molecule has 4 heteroatoms. The molecule has 112 valence electrons. The van der Waals surface area contributed by atoms with Gasteiger partial charge in [0.2, 0.25) is 0 Å². The lowest BCUT2D eigenvalue weighted by Gasteiger charge is -1.98. The first-order chi connectivity index (χ1) is 11.2. The summed E-state index contributed by atoms with van der Waals surface area (Å²) < 4.78 is 6.89. The van der Waals surface area contributed by atoms with Crippen molar-refractivity contribution in [1.29, 1.82) is 0 Å². The summed E-state index contributed by atoms with van der Waals surface area (Å²) in [5.74, 6) is 1.33.